The average molecular weight is 454 g/mol. The van der Waals surface area contributed by atoms with E-state index in [4.69, 9.17) is 9.47 Å². The molecule has 0 saturated carbocycles. The maximum atomic E-state index is 12.5. The molecule has 1 unspecified atom stereocenters. The molecular formula is C27H51NO4. The summed E-state index contributed by atoms with van der Waals surface area (Å²) in [6, 6.07) is -0.627. The Morgan fingerprint density at radius 3 is 1.69 bits per heavy atom. The number of carbonyl (C=O) groups excluding carboxylic acids is 2. The van der Waals surface area contributed by atoms with E-state index in [1.165, 1.54) is 81.9 Å². The molecule has 0 bridgehead atoms. The van der Waals surface area contributed by atoms with Gasteiger partial charge >= 0.3 is 12.1 Å². The SMILES string of the molecule is C=CCCOC(=O)N(C)C(C(=O)OCCCCCCCCCCCCCCCC)C(C)C. The number of esters is 1. The maximum Gasteiger partial charge on any atom is 0.410 e. The Bertz CT molecular complexity index is 478. The molecule has 1 amide bonds. The number of ether oxygens (including phenoxy) is 2. The Balaban J connectivity index is 3.78. The van der Waals surface area contributed by atoms with Crippen molar-refractivity contribution in [3.63, 3.8) is 0 Å². The average Bonchev–Trinajstić information content (AvgIpc) is 2.76. The Hall–Kier alpha value is -1.52. The minimum absolute atomic E-state index is 0.0456. The van der Waals surface area contributed by atoms with Gasteiger partial charge < -0.3 is 9.47 Å². The lowest BCUT2D eigenvalue weighted by molar-refractivity contribution is -0.150. The molecule has 0 aromatic heterocycles. The molecule has 5 heteroatoms. The Morgan fingerprint density at radius 1 is 0.781 bits per heavy atom. The van der Waals surface area contributed by atoms with Gasteiger partial charge in [0.05, 0.1) is 13.2 Å². The second-order valence-electron chi connectivity index (χ2n) is 9.26. The molecule has 32 heavy (non-hydrogen) atoms. The third kappa shape index (κ3) is 16.2. The molecule has 1 atom stereocenters. The molecule has 0 aromatic carbocycles. The lowest BCUT2D eigenvalue weighted by atomic mass is 10.0. The third-order valence-electron chi connectivity index (χ3n) is 5.87. The van der Waals surface area contributed by atoms with Crippen molar-refractivity contribution in [3.05, 3.63) is 12.7 Å². The van der Waals surface area contributed by atoms with Crippen molar-refractivity contribution in [2.75, 3.05) is 20.3 Å². The number of nitrogens with zero attached hydrogens (tertiary/aromatic N) is 1. The molecule has 0 N–H and O–H groups in total. The minimum Gasteiger partial charge on any atom is -0.464 e. The maximum absolute atomic E-state index is 12.5. The molecule has 0 aliphatic rings. The Labute approximate surface area is 198 Å². The summed E-state index contributed by atoms with van der Waals surface area (Å²) in [5.41, 5.74) is 0. The lowest BCUT2D eigenvalue weighted by Gasteiger charge is -2.28. The molecular weight excluding hydrogens is 402 g/mol. The van der Waals surface area contributed by atoms with Gasteiger partial charge in [-0.2, -0.15) is 0 Å². The van der Waals surface area contributed by atoms with Crippen molar-refractivity contribution in [2.24, 2.45) is 5.92 Å². The van der Waals surface area contributed by atoms with Crippen LogP contribution in [0.1, 0.15) is 117 Å². The van der Waals surface area contributed by atoms with Crippen molar-refractivity contribution in [1.82, 2.24) is 4.90 Å². The van der Waals surface area contributed by atoms with Crippen molar-refractivity contribution in [1.29, 1.82) is 0 Å². The van der Waals surface area contributed by atoms with Gasteiger partial charge in [-0.3, -0.25) is 4.90 Å². The van der Waals surface area contributed by atoms with E-state index in [-0.39, 0.29) is 18.5 Å². The van der Waals surface area contributed by atoms with Crippen LogP contribution in [0.2, 0.25) is 0 Å². The van der Waals surface area contributed by atoms with Crippen LogP contribution in [0.25, 0.3) is 0 Å². The summed E-state index contributed by atoms with van der Waals surface area (Å²) in [7, 11) is 1.59. The van der Waals surface area contributed by atoms with Crippen LogP contribution in [0, 0.1) is 5.92 Å². The zero-order chi connectivity index (χ0) is 24.0. The van der Waals surface area contributed by atoms with Gasteiger partial charge in [-0.05, 0) is 18.8 Å². The second-order valence-corrected chi connectivity index (χ2v) is 9.26. The van der Waals surface area contributed by atoms with Gasteiger partial charge in [0.2, 0.25) is 0 Å². The van der Waals surface area contributed by atoms with Gasteiger partial charge in [0.25, 0.3) is 0 Å². The van der Waals surface area contributed by atoms with Crippen LogP contribution in [-0.2, 0) is 14.3 Å². The largest absolute Gasteiger partial charge is 0.464 e. The quantitative estimate of drug-likeness (QED) is 0.102. The lowest BCUT2D eigenvalue weighted by Crippen LogP contribution is -2.46. The summed E-state index contributed by atoms with van der Waals surface area (Å²) in [5.74, 6) is -0.395. The zero-order valence-electron chi connectivity index (χ0n) is 21.5. The summed E-state index contributed by atoms with van der Waals surface area (Å²) >= 11 is 0. The number of hydrogen-bond acceptors (Lipinski definition) is 4. The number of likely N-dealkylation sites (N-methyl/N-ethyl adjacent to an activating group) is 1. The van der Waals surface area contributed by atoms with Crippen molar-refractivity contribution >= 4 is 12.1 Å². The topological polar surface area (TPSA) is 55.8 Å². The number of unbranched alkanes of at least 4 members (excludes halogenated alkanes) is 13. The van der Waals surface area contributed by atoms with E-state index in [1.54, 1.807) is 13.1 Å². The van der Waals surface area contributed by atoms with E-state index in [9.17, 15) is 9.59 Å². The van der Waals surface area contributed by atoms with Gasteiger partial charge in [0, 0.05) is 7.05 Å². The number of hydrogen-bond donors (Lipinski definition) is 0. The summed E-state index contributed by atoms with van der Waals surface area (Å²) in [6.45, 7) is 10.4. The summed E-state index contributed by atoms with van der Waals surface area (Å²) in [4.78, 5) is 26.0. The van der Waals surface area contributed by atoms with E-state index in [0.29, 0.717) is 13.0 Å². The first-order valence-corrected chi connectivity index (χ1v) is 13.1. The summed E-state index contributed by atoms with van der Waals surface area (Å²) in [5, 5.41) is 0. The third-order valence-corrected chi connectivity index (χ3v) is 5.87. The van der Waals surface area contributed by atoms with E-state index in [2.05, 4.69) is 13.5 Å². The van der Waals surface area contributed by atoms with Crippen LogP contribution in [0.15, 0.2) is 12.7 Å². The standard InChI is InChI=1S/C27H51NO4/c1-6-8-10-11-12-13-14-15-16-17-18-19-20-21-23-31-26(29)25(24(3)4)28(5)27(30)32-22-9-7-2/h7,24-25H,2,6,8-23H2,1,3-5H3. The predicted molar refractivity (Wildman–Crippen MR) is 134 cm³/mol. The molecule has 0 aliphatic heterocycles. The first kappa shape index (κ1) is 30.5. The highest BCUT2D eigenvalue weighted by Crippen LogP contribution is 2.15. The van der Waals surface area contributed by atoms with Crippen molar-refractivity contribution < 1.29 is 19.1 Å². The molecule has 0 fully saturated rings. The number of rotatable bonds is 21. The summed E-state index contributed by atoms with van der Waals surface area (Å²) in [6.07, 6.45) is 19.9. The zero-order valence-corrected chi connectivity index (χ0v) is 21.5. The summed E-state index contributed by atoms with van der Waals surface area (Å²) < 4.78 is 10.6. The van der Waals surface area contributed by atoms with Crippen molar-refractivity contribution in [3.8, 4) is 0 Å². The monoisotopic (exact) mass is 453 g/mol. The first-order valence-electron chi connectivity index (χ1n) is 13.1. The van der Waals surface area contributed by atoms with Crippen LogP contribution in [0.4, 0.5) is 4.79 Å². The molecule has 188 valence electrons. The highest BCUT2D eigenvalue weighted by atomic mass is 16.6. The molecule has 0 heterocycles. The van der Waals surface area contributed by atoms with Gasteiger partial charge in [-0.1, -0.05) is 110 Å². The van der Waals surface area contributed by atoms with Crippen LogP contribution in [-0.4, -0.2) is 43.3 Å². The molecule has 0 spiro atoms. The van der Waals surface area contributed by atoms with Crippen LogP contribution in [0.3, 0.4) is 0 Å². The number of amides is 1. The van der Waals surface area contributed by atoms with Gasteiger partial charge in [-0.25, -0.2) is 9.59 Å². The molecule has 0 aromatic rings. The smallest absolute Gasteiger partial charge is 0.410 e. The van der Waals surface area contributed by atoms with E-state index in [1.807, 2.05) is 13.8 Å². The van der Waals surface area contributed by atoms with Crippen LogP contribution in [0.5, 0.6) is 0 Å². The van der Waals surface area contributed by atoms with E-state index < -0.39 is 12.1 Å². The fourth-order valence-corrected chi connectivity index (χ4v) is 3.88. The van der Waals surface area contributed by atoms with Crippen LogP contribution >= 0.6 is 0 Å². The minimum atomic E-state index is -0.627. The normalized spacial score (nSPS) is 11.9. The fraction of sp³-hybridized carbons (Fsp3) is 0.852. The Kier molecular flexibility index (Phi) is 20.3. The first-order chi connectivity index (χ1) is 15.5. The van der Waals surface area contributed by atoms with Gasteiger partial charge in [0.15, 0.2) is 0 Å². The molecule has 0 radical (unpaired) electrons. The van der Waals surface area contributed by atoms with Gasteiger partial charge in [0.1, 0.15) is 6.04 Å². The van der Waals surface area contributed by atoms with E-state index in [0.717, 1.165) is 12.8 Å². The molecule has 5 nitrogen and oxygen atoms in total. The molecule has 0 saturated heterocycles. The second kappa shape index (κ2) is 21.3. The van der Waals surface area contributed by atoms with Crippen LogP contribution < -0.4 is 0 Å². The molecule has 0 rings (SSSR count). The number of carbonyl (C=O) groups is 2. The predicted octanol–water partition coefficient (Wildman–Crippen LogP) is 7.68. The van der Waals surface area contributed by atoms with Gasteiger partial charge in [-0.15, -0.1) is 6.58 Å². The highest BCUT2D eigenvalue weighted by Gasteiger charge is 2.32. The molecule has 0 aliphatic carbocycles. The Morgan fingerprint density at radius 2 is 1.25 bits per heavy atom. The highest BCUT2D eigenvalue weighted by molar-refractivity contribution is 5.81. The van der Waals surface area contributed by atoms with Crippen molar-refractivity contribution in [2.45, 2.75) is 123 Å². The fourth-order valence-electron chi connectivity index (χ4n) is 3.88. The van der Waals surface area contributed by atoms with E-state index >= 15 is 0 Å².